The molecule has 2 nitrogen and oxygen atoms in total. The van der Waals surface area contributed by atoms with Gasteiger partial charge in [-0.3, -0.25) is 0 Å². The summed E-state index contributed by atoms with van der Waals surface area (Å²) in [5.41, 5.74) is 0.559. The van der Waals surface area contributed by atoms with Crippen LogP contribution in [0, 0.1) is 5.41 Å². The van der Waals surface area contributed by atoms with Crippen LogP contribution in [0.25, 0.3) is 0 Å². The zero-order valence-electron chi connectivity index (χ0n) is 9.14. The van der Waals surface area contributed by atoms with Crippen LogP contribution < -0.4 is 5.32 Å². The molecule has 0 aromatic rings. The lowest BCUT2D eigenvalue weighted by Crippen LogP contribution is -2.45. The van der Waals surface area contributed by atoms with Crippen molar-refractivity contribution in [3.05, 3.63) is 0 Å². The Balaban J connectivity index is 2.24. The molecule has 2 N–H and O–H groups in total. The van der Waals surface area contributed by atoms with Gasteiger partial charge in [0.2, 0.25) is 0 Å². The van der Waals surface area contributed by atoms with Crippen LogP contribution in [-0.4, -0.2) is 23.8 Å². The summed E-state index contributed by atoms with van der Waals surface area (Å²) in [6, 6.07) is 0.226. The minimum absolute atomic E-state index is 0.226. The van der Waals surface area contributed by atoms with Gasteiger partial charge in [0.15, 0.2) is 0 Å². The first-order valence-electron chi connectivity index (χ1n) is 5.51. The van der Waals surface area contributed by atoms with Gasteiger partial charge < -0.3 is 10.4 Å². The predicted octanol–water partition coefficient (Wildman–Crippen LogP) is 1.93. The third-order valence-electron chi connectivity index (χ3n) is 3.69. The van der Waals surface area contributed by atoms with Crippen molar-refractivity contribution in [1.82, 2.24) is 5.32 Å². The highest BCUT2D eigenvalue weighted by Crippen LogP contribution is 2.43. The standard InChI is InChI=1S/C11H23NO/c1-4-11(6-5-7-11)8-12-9(2)10(3)13/h9-10,12-13H,4-8H2,1-3H3. The fraction of sp³-hybridized carbons (Fsp3) is 1.00. The third kappa shape index (κ3) is 2.68. The Bertz CT molecular complexity index is 147. The molecule has 0 saturated heterocycles. The van der Waals surface area contributed by atoms with Gasteiger partial charge in [0, 0.05) is 12.6 Å². The fourth-order valence-corrected chi connectivity index (χ4v) is 1.88. The van der Waals surface area contributed by atoms with Crippen molar-refractivity contribution in [3.63, 3.8) is 0 Å². The molecule has 1 fully saturated rings. The van der Waals surface area contributed by atoms with Crippen molar-refractivity contribution in [2.24, 2.45) is 5.41 Å². The largest absolute Gasteiger partial charge is 0.392 e. The molecule has 0 bridgehead atoms. The molecule has 0 aromatic carbocycles. The van der Waals surface area contributed by atoms with Gasteiger partial charge in [-0.05, 0) is 38.5 Å². The van der Waals surface area contributed by atoms with Gasteiger partial charge in [0.05, 0.1) is 6.10 Å². The molecule has 2 atom stereocenters. The molecule has 0 heterocycles. The van der Waals surface area contributed by atoms with Gasteiger partial charge in [0.1, 0.15) is 0 Å². The number of hydrogen-bond donors (Lipinski definition) is 2. The van der Waals surface area contributed by atoms with Gasteiger partial charge in [-0.2, -0.15) is 0 Å². The van der Waals surface area contributed by atoms with Gasteiger partial charge in [-0.1, -0.05) is 13.3 Å². The molecule has 0 spiro atoms. The van der Waals surface area contributed by atoms with Crippen LogP contribution in [0.4, 0.5) is 0 Å². The average molecular weight is 185 g/mol. The lowest BCUT2D eigenvalue weighted by Gasteiger charge is -2.42. The highest BCUT2D eigenvalue weighted by Gasteiger charge is 2.34. The topological polar surface area (TPSA) is 32.3 Å². The second-order valence-corrected chi connectivity index (χ2v) is 4.62. The summed E-state index contributed by atoms with van der Waals surface area (Å²) < 4.78 is 0. The molecule has 0 amide bonds. The molecule has 1 aliphatic rings. The van der Waals surface area contributed by atoms with Crippen molar-refractivity contribution in [1.29, 1.82) is 0 Å². The Morgan fingerprint density at radius 2 is 2.00 bits per heavy atom. The predicted molar refractivity (Wildman–Crippen MR) is 55.7 cm³/mol. The maximum atomic E-state index is 9.32. The lowest BCUT2D eigenvalue weighted by molar-refractivity contribution is 0.0967. The molecule has 0 aromatic heterocycles. The third-order valence-corrected chi connectivity index (χ3v) is 3.69. The average Bonchev–Trinajstić information content (AvgIpc) is 2.02. The Hall–Kier alpha value is -0.0800. The van der Waals surface area contributed by atoms with E-state index in [9.17, 15) is 5.11 Å². The van der Waals surface area contributed by atoms with Crippen molar-refractivity contribution >= 4 is 0 Å². The van der Waals surface area contributed by atoms with E-state index in [2.05, 4.69) is 12.2 Å². The van der Waals surface area contributed by atoms with Crippen molar-refractivity contribution in [2.45, 2.75) is 58.6 Å². The molecule has 1 saturated carbocycles. The van der Waals surface area contributed by atoms with E-state index >= 15 is 0 Å². The van der Waals surface area contributed by atoms with E-state index < -0.39 is 0 Å². The second kappa shape index (κ2) is 4.43. The summed E-state index contributed by atoms with van der Waals surface area (Å²) >= 11 is 0. The van der Waals surface area contributed by atoms with E-state index in [1.165, 1.54) is 25.7 Å². The molecule has 13 heavy (non-hydrogen) atoms. The van der Waals surface area contributed by atoms with Gasteiger partial charge in [-0.25, -0.2) is 0 Å². The normalized spacial score (nSPS) is 24.9. The minimum Gasteiger partial charge on any atom is -0.392 e. The van der Waals surface area contributed by atoms with Gasteiger partial charge in [0.25, 0.3) is 0 Å². The Morgan fingerprint density at radius 1 is 1.38 bits per heavy atom. The monoisotopic (exact) mass is 185 g/mol. The molecule has 0 radical (unpaired) electrons. The van der Waals surface area contributed by atoms with Crippen molar-refractivity contribution < 1.29 is 5.11 Å². The number of aliphatic hydroxyl groups excluding tert-OH is 1. The number of aliphatic hydroxyl groups is 1. The smallest absolute Gasteiger partial charge is 0.0662 e. The highest BCUT2D eigenvalue weighted by atomic mass is 16.3. The summed E-state index contributed by atoms with van der Waals surface area (Å²) in [7, 11) is 0. The fourth-order valence-electron chi connectivity index (χ4n) is 1.88. The van der Waals surface area contributed by atoms with Crippen molar-refractivity contribution in [3.8, 4) is 0 Å². The van der Waals surface area contributed by atoms with Crippen LogP contribution in [0.1, 0.15) is 46.5 Å². The summed E-state index contributed by atoms with van der Waals surface area (Å²) in [4.78, 5) is 0. The molecule has 2 unspecified atom stereocenters. The maximum Gasteiger partial charge on any atom is 0.0662 e. The first-order valence-corrected chi connectivity index (χ1v) is 5.51. The lowest BCUT2D eigenvalue weighted by atomic mass is 9.67. The minimum atomic E-state index is -0.242. The van der Waals surface area contributed by atoms with Gasteiger partial charge in [-0.15, -0.1) is 0 Å². The first kappa shape index (κ1) is 11.0. The number of rotatable bonds is 5. The molecule has 1 rings (SSSR count). The highest BCUT2D eigenvalue weighted by molar-refractivity contribution is 4.89. The number of hydrogen-bond acceptors (Lipinski definition) is 2. The van der Waals surface area contributed by atoms with Crippen LogP contribution in [-0.2, 0) is 0 Å². The van der Waals surface area contributed by atoms with E-state index in [4.69, 9.17) is 0 Å². The van der Waals surface area contributed by atoms with Crippen LogP contribution in [0.3, 0.4) is 0 Å². The molecule has 78 valence electrons. The summed E-state index contributed by atoms with van der Waals surface area (Å²) in [5.74, 6) is 0. The van der Waals surface area contributed by atoms with E-state index in [1.807, 2.05) is 13.8 Å². The first-order chi connectivity index (χ1) is 6.09. The molecule has 2 heteroatoms. The molecule has 1 aliphatic carbocycles. The molecule has 0 aliphatic heterocycles. The van der Waals surface area contributed by atoms with E-state index in [-0.39, 0.29) is 12.1 Å². The second-order valence-electron chi connectivity index (χ2n) is 4.62. The summed E-state index contributed by atoms with van der Waals surface area (Å²) in [5, 5.41) is 12.7. The van der Waals surface area contributed by atoms with Crippen molar-refractivity contribution in [2.75, 3.05) is 6.54 Å². The van der Waals surface area contributed by atoms with E-state index in [0.717, 1.165) is 6.54 Å². The van der Waals surface area contributed by atoms with Crippen LogP contribution in [0.2, 0.25) is 0 Å². The van der Waals surface area contributed by atoms with Crippen LogP contribution >= 0.6 is 0 Å². The summed E-state index contributed by atoms with van der Waals surface area (Å²) in [6.45, 7) is 7.24. The summed E-state index contributed by atoms with van der Waals surface area (Å²) in [6.07, 6.45) is 5.14. The van der Waals surface area contributed by atoms with Gasteiger partial charge >= 0.3 is 0 Å². The quantitative estimate of drug-likeness (QED) is 0.686. The van der Waals surface area contributed by atoms with Crippen LogP contribution in [0.15, 0.2) is 0 Å². The Kier molecular flexibility index (Phi) is 3.74. The number of nitrogens with one attached hydrogen (secondary N) is 1. The molecular formula is C11H23NO. The molecular weight excluding hydrogens is 162 g/mol. The van der Waals surface area contributed by atoms with E-state index in [0.29, 0.717) is 5.41 Å². The zero-order chi connectivity index (χ0) is 9.90. The SMILES string of the molecule is CCC1(CNC(C)C(C)O)CCC1. The maximum absolute atomic E-state index is 9.32. The Morgan fingerprint density at radius 3 is 2.31 bits per heavy atom. The Labute approximate surface area is 81.7 Å². The van der Waals surface area contributed by atoms with Crippen LogP contribution in [0.5, 0.6) is 0 Å². The van der Waals surface area contributed by atoms with E-state index in [1.54, 1.807) is 0 Å². The zero-order valence-corrected chi connectivity index (χ0v) is 9.14.